The first-order valence-corrected chi connectivity index (χ1v) is 7.52. The van der Waals surface area contributed by atoms with E-state index >= 15 is 0 Å². The quantitative estimate of drug-likeness (QED) is 0.846. The van der Waals surface area contributed by atoms with Gasteiger partial charge in [0, 0.05) is 13.2 Å². The molecular weight excluding hydrogens is 234 g/mol. The number of methoxy groups -OCH3 is 1. The van der Waals surface area contributed by atoms with Gasteiger partial charge in [-0.25, -0.2) is 0 Å². The molecule has 1 aromatic carbocycles. The van der Waals surface area contributed by atoms with Crippen molar-refractivity contribution in [2.45, 2.75) is 57.1 Å². The molecular formula is C17H27NO. The minimum Gasteiger partial charge on any atom is -0.382 e. The molecule has 0 bridgehead atoms. The van der Waals surface area contributed by atoms with Crippen LogP contribution >= 0.6 is 0 Å². The van der Waals surface area contributed by atoms with E-state index in [2.05, 4.69) is 43.6 Å². The predicted molar refractivity (Wildman–Crippen MR) is 80.7 cm³/mol. The Morgan fingerprint density at radius 2 is 2.16 bits per heavy atom. The number of benzene rings is 1. The number of fused-ring (bicyclic) bond motifs is 1. The fourth-order valence-corrected chi connectivity index (χ4v) is 3.27. The molecule has 0 saturated carbocycles. The molecule has 0 aliphatic heterocycles. The molecule has 1 aliphatic carbocycles. The molecule has 3 unspecified atom stereocenters. The normalized spacial score (nSPS) is 21.7. The summed E-state index contributed by atoms with van der Waals surface area (Å²) in [5, 5.41) is 3.47. The summed E-state index contributed by atoms with van der Waals surface area (Å²) >= 11 is 0. The summed E-state index contributed by atoms with van der Waals surface area (Å²) in [6.07, 6.45) is 6.56. The van der Waals surface area contributed by atoms with E-state index in [-0.39, 0.29) is 0 Å². The smallest absolute Gasteiger partial charge is 0.0558 e. The van der Waals surface area contributed by atoms with Crippen molar-refractivity contribution < 1.29 is 4.74 Å². The van der Waals surface area contributed by atoms with Gasteiger partial charge in [0.05, 0.1) is 6.10 Å². The summed E-state index contributed by atoms with van der Waals surface area (Å²) in [5.41, 5.74) is 3.15. The average Bonchev–Trinajstić information content (AvgIpc) is 2.46. The average molecular weight is 261 g/mol. The van der Waals surface area contributed by atoms with Crippen LogP contribution in [0.5, 0.6) is 0 Å². The Morgan fingerprint density at radius 3 is 2.89 bits per heavy atom. The molecule has 0 fully saturated rings. The van der Waals surface area contributed by atoms with Crippen molar-refractivity contribution >= 4 is 0 Å². The van der Waals surface area contributed by atoms with Crippen molar-refractivity contribution in [1.82, 2.24) is 5.32 Å². The third kappa shape index (κ3) is 3.80. The second-order valence-corrected chi connectivity index (χ2v) is 5.79. The van der Waals surface area contributed by atoms with Crippen LogP contribution in [-0.4, -0.2) is 26.3 Å². The molecule has 1 aromatic rings. The summed E-state index contributed by atoms with van der Waals surface area (Å²) in [6, 6.07) is 9.53. The van der Waals surface area contributed by atoms with Gasteiger partial charge in [-0.2, -0.15) is 0 Å². The molecule has 2 heteroatoms. The lowest BCUT2D eigenvalue weighted by Gasteiger charge is -2.30. The summed E-state index contributed by atoms with van der Waals surface area (Å²) in [6.45, 7) is 2.15. The highest BCUT2D eigenvalue weighted by Crippen LogP contribution is 2.35. The monoisotopic (exact) mass is 261 g/mol. The van der Waals surface area contributed by atoms with Crippen LogP contribution in [0.4, 0.5) is 0 Å². The number of hydrogen-bond donors (Lipinski definition) is 1. The third-order valence-corrected chi connectivity index (χ3v) is 4.49. The lowest BCUT2D eigenvalue weighted by Crippen LogP contribution is -2.32. The molecule has 0 amide bonds. The molecule has 0 radical (unpaired) electrons. The summed E-state index contributed by atoms with van der Waals surface area (Å²) in [7, 11) is 3.87. The molecule has 0 saturated heterocycles. The first-order chi connectivity index (χ1) is 9.24. The zero-order valence-electron chi connectivity index (χ0n) is 12.5. The van der Waals surface area contributed by atoms with Gasteiger partial charge in [-0.1, -0.05) is 24.3 Å². The van der Waals surface area contributed by atoms with Crippen LogP contribution in [0, 0.1) is 0 Å². The van der Waals surface area contributed by atoms with Crippen LogP contribution in [0.2, 0.25) is 0 Å². The van der Waals surface area contributed by atoms with E-state index in [1.807, 2.05) is 0 Å². The highest BCUT2D eigenvalue weighted by Gasteiger charge is 2.23. The number of rotatable bonds is 6. The Hall–Kier alpha value is -0.860. The Bertz CT molecular complexity index is 391. The van der Waals surface area contributed by atoms with E-state index in [4.69, 9.17) is 4.74 Å². The number of nitrogens with one attached hydrogen (secondary N) is 1. The van der Waals surface area contributed by atoms with Crippen molar-refractivity contribution in [3.8, 4) is 0 Å². The lowest BCUT2D eigenvalue weighted by atomic mass is 9.79. The van der Waals surface area contributed by atoms with Crippen LogP contribution < -0.4 is 5.32 Å². The van der Waals surface area contributed by atoms with Gasteiger partial charge in [-0.05, 0) is 63.1 Å². The van der Waals surface area contributed by atoms with Gasteiger partial charge in [-0.15, -0.1) is 0 Å². The Morgan fingerprint density at radius 1 is 1.37 bits per heavy atom. The Kier molecular flexibility index (Phi) is 5.41. The van der Waals surface area contributed by atoms with Crippen molar-refractivity contribution in [3.63, 3.8) is 0 Å². The van der Waals surface area contributed by atoms with E-state index in [9.17, 15) is 0 Å². The molecule has 2 nitrogen and oxygen atoms in total. The van der Waals surface area contributed by atoms with E-state index in [1.54, 1.807) is 18.2 Å². The number of ether oxygens (including phenoxy) is 1. The van der Waals surface area contributed by atoms with Gasteiger partial charge in [0.15, 0.2) is 0 Å². The second-order valence-electron chi connectivity index (χ2n) is 5.79. The largest absolute Gasteiger partial charge is 0.382 e. The highest BCUT2D eigenvalue weighted by molar-refractivity contribution is 5.32. The maximum atomic E-state index is 5.40. The summed E-state index contributed by atoms with van der Waals surface area (Å²) in [4.78, 5) is 0. The Labute approximate surface area is 117 Å². The number of aryl methyl sites for hydroxylation is 1. The fraction of sp³-hybridized carbons (Fsp3) is 0.647. The van der Waals surface area contributed by atoms with Crippen molar-refractivity contribution in [2.75, 3.05) is 14.2 Å². The molecule has 0 spiro atoms. The van der Waals surface area contributed by atoms with Gasteiger partial charge in [-0.3, -0.25) is 0 Å². The van der Waals surface area contributed by atoms with Crippen LogP contribution in [-0.2, 0) is 11.2 Å². The van der Waals surface area contributed by atoms with Crippen LogP contribution in [0.3, 0.4) is 0 Å². The Balaban J connectivity index is 2.02. The van der Waals surface area contributed by atoms with Crippen LogP contribution in [0.15, 0.2) is 24.3 Å². The van der Waals surface area contributed by atoms with E-state index < -0.39 is 0 Å². The predicted octanol–water partition coefficient (Wildman–Crippen LogP) is 3.51. The molecule has 0 aromatic heterocycles. The van der Waals surface area contributed by atoms with Crippen molar-refractivity contribution in [3.05, 3.63) is 35.4 Å². The van der Waals surface area contributed by atoms with Crippen molar-refractivity contribution in [1.29, 1.82) is 0 Å². The zero-order valence-corrected chi connectivity index (χ0v) is 12.5. The molecule has 0 heterocycles. The first-order valence-electron chi connectivity index (χ1n) is 7.52. The maximum Gasteiger partial charge on any atom is 0.0558 e. The van der Waals surface area contributed by atoms with E-state index in [0.29, 0.717) is 18.1 Å². The first kappa shape index (κ1) is 14.5. The maximum absolute atomic E-state index is 5.40. The molecule has 1 aliphatic rings. The minimum absolute atomic E-state index is 0.330. The molecule has 106 valence electrons. The minimum atomic E-state index is 0.330. The van der Waals surface area contributed by atoms with Gasteiger partial charge in [0.25, 0.3) is 0 Å². The van der Waals surface area contributed by atoms with Crippen molar-refractivity contribution in [2.24, 2.45) is 0 Å². The van der Waals surface area contributed by atoms with Gasteiger partial charge < -0.3 is 10.1 Å². The molecule has 2 rings (SSSR count). The van der Waals surface area contributed by atoms with Crippen LogP contribution in [0.25, 0.3) is 0 Å². The van der Waals surface area contributed by atoms with Gasteiger partial charge >= 0.3 is 0 Å². The van der Waals surface area contributed by atoms with E-state index in [0.717, 1.165) is 6.42 Å². The highest BCUT2D eigenvalue weighted by atomic mass is 16.5. The lowest BCUT2D eigenvalue weighted by molar-refractivity contribution is 0.0990. The molecule has 3 atom stereocenters. The van der Waals surface area contributed by atoms with Gasteiger partial charge in [0.1, 0.15) is 0 Å². The third-order valence-electron chi connectivity index (χ3n) is 4.49. The second kappa shape index (κ2) is 7.06. The summed E-state index contributed by atoms with van der Waals surface area (Å²) < 4.78 is 5.40. The summed E-state index contributed by atoms with van der Waals surface area (Å²) in [5.74, 6) is 0.714. The van der Waals surface area contributed by atoms with E-state index in [1.165, 1.54) is 25.7 Å². The molecule has 1 N–H and O–H groups in total. The van der Waals surface area contributed by atoms with Crippen LogP contribution in [0.1, 0.15) is 49.7 Å². The standard InChI is InChI=1S/C17H27NO/c1-13(19-3)11-16(18-2)12-15-9-6-8-14-7-4-5-10-17(14)15/h4-5,7,10,13,15-16,18H,6,8-9,11-12H2,1-3H3. The molecule has 19 heavy (non-hydrogen) atoms. The number of hydrogen-bond acceptors (Lipinski definition) is 2. The topological polar surface area (TPSA) is 21.3 Å². The van der Waals surface area contributed by atoms with Gasteiger partial charge in [0.2, 0.25) is 0 Å². The SMILES string of the molecule is CNC(CC(C)OC)CC1CCCc2ccccc21. The zero-order chi connectivity index (χ0) is 13.7. The fourth-order valence-electron chi connectivity index (χ4n) is 3.27.